The summed E-state index contributed by atoms with van der Waals surface area (Å²) in [6.07, 6.45) is 1.36. The van der Waals surface area contributed by atoms with Crippen LogP contribution in [0.4, 0.5) is 0 Å². The molecule has 2 atom stereocenters. The molecule has 5 nitrogen and oxygen atoms in total. The molecular formula is C11H19N3O2S2. The molecule has 7 heteroatoms. The first kappa shape index (κ1) is 15.4. The van der Waals surface area contributed by atoms with Crippen LogP contribution in [-0.2, 0) is 11.2 Å². The largest absolute Gasteiger partial charge is 0.480 e. The van der Waals surface area contributed by atoms with Gasteiger partial charge in [0.05, 0.1) is 0 Å². The summed E-state index contributed by atoms with van der Waals surface area (Å²) in [5.74, 6) is 0.0215. The first-order valence-corrected chi connectivity index (χ1v) is 7.48. The fourth-order valence-electron chi connectivity index (χ4n) is 1.51. The number of carboxylic acid groups (broad SMARTS) is 1. The fourth-order valence-corrected chi connectivity index (χ4v) is 3.71. The lowest BCUT2D eigenvalue weighted by Gasteiger charge is -2.26. The van der Waals surface area contributed by atoms with Gasteiger partial charge < -0.3 is 10.4 Å². The number of aromatic nitrogens is 2. The Morgan fingerprint density at radius 2 is 2.33 bits per heavy atom. The topological polar surface area (TPSA) is 75.1 Å². The summed E-state index contributed by atoms with van der Waals surface area (Å²) in [7, 11) is 1.67. The third kappa shape index (κ3) is 3.93. The second kappa shape index (κ2) is 6.49. The Balaban J connectivity index is 2.60. The molecule has 102 valence electrons. The zero-order valence-electron chi connectivity index (χ0n) is 11.1. The molecule has 0 spiro atoms. The van der Waals surface area contributed by atoms with Gasteiger partial charge in [0, 0.05) is 11.7 Å². The summed E-state index contributed by atoms with van der Waals surface area (Å²) in [6.45, 7) is 5.72. The molecule has 1 aromatic heterocycles. The Hall–Kier alpha value is -0.660. The smallest absolute Gasteiger partial charge is 0.323 e. The van der Waals surface area contributed by atoms with Crippen LogP contribution in [0.3, 0.4) is 0 Å². The zero-order valence-corrected chi connectivity index (χ0v) is 12.7. The lowest BCUT2D eigenvalue weighted by molar-refractivity contribution is -0.144. The molecular weight excluding hydrogens is 270 g/mol. The van der Waals surface area contributed by atoms with Gasteiger partial charge in [0.25, 0.3) is 0 Å². The molecule has 0 bridgehead atoms. The molecule has 0 saturated heterocycles. The van der Waals surface area contributed by atoms with E-state index in [2.05, 4.69) is 14.7 Å². The van der Waals surface area contributed by atoms with Crippen LogP contribution in [0.2, 0.25) is 0 Å². The van der Waals surface area contributed by atoms with E-state index in [1.807, 2.05) is 13.8 Å². The highest BCUT2D eigenvalue weighted by molar-refractivity contribution is 8.01. The first-order valence-electron chi connectivity index (χ1n) is 5.82. The molecule has 1 aromatic rings. The SMILES string of the molecule is CCc1nsc(SC(C)CC(C)(NC)C(=O)O)n1. The number of rotatable bonds is 7. The molecule has 0 aliphatic heterocycles. The van der Waals surface area contributed by atoms with E-state index in [-0.39, 0.29) is 5.25 Å². The highest BCUT2D eigenvalue weighted by atomic mass is 32.2. The van der Waals surface area contributed by atoms with E-state index in [0.29, 0.717) is 6.42 Å². The van der Waals surface area contributed by atoms with Crippen molar-refractivity contribution in [2.45, 2.75) is 48.7 Å². The number of carboxylic acids is 1. The maximum absolute atomic E-state index is 11.2. The normalized spacial score (nSPS) is 16.2. The van der Waals surface area contributed by atoms with Crippen LogP contribution in [0.1, 0.15) is 33.0 Å². The first-order chi connectivity index (χ1) is 8.41. The van der Waals surface area contributed by atoms with Gasteiger partial charge in [0.15, 0.2) is 4.34 Å². The van der Waals surface area contributed by atoms with Crippen LogP contribution in [0, 0.1) is 0 Å². The summed E-state index contributed by atoms with van der Waals surface area (Å²) < 4.78 is 5.12. The second-order valence-corrected chi connectivity index (χ2v) is 6.79. The molecule has 0 radical (unpaired) electrons. The van der Waals surface area contributed by atoms with Crippen molar-refractivity contribution in [2.24, 2.45) is 0 Å². The van der Waals surface area contributed by atoms with Crippen LogP contribution < -0.4 is 5.32 Å². The number of aliphatic carboxylic acids is 1. The number of nitrogens with zero attached hydrogens (tertiary/aromatic N) is 2. The maximum Gasteiger partial charge on any atom is 0.323 e. The van der Waals surface area contributed by atoms with Gasteiger partial charge in [-0.1, -0.05) is 25.6 Å². The van der Waals surface area contributed by atoms with E-state index in [1.54, 1.807) is 25.7 Å². The van der Waals surface area contributed by atoms with Crippen molar-refractivity contribution in [3.8, 4) is 0 Å². The van der Waals surface area contributed by atoms with Crippen molar-refractivity contribution in [1.82, 2.24) is 14.7 Å². The van der Waals surface area contributed by atoms with E-state index in [4.69, 9.17) is 0 Å². The highest BCUT2D eigenvalue weighted by Gasteiger charge is 2.33. The van der Waals surface area contributed by atoms with Crippen LogP contribution in [0.5, 0.6) is 0 Å². The van der Waals surface area contributed by atoms with Gasteiger partial charge in [-0.25, -0.2) is 4.98 Å². The van der Waals surface area contributed by atoms with Gasteiger partial charge in [-0.15, -0.1) is 0 Å². The zero-order chi connectivity index (χ0) is 13.8. The number of carbonyl (C=O) groups is 1. The Morgan fingerprint density at radius 3 is 2.78 bits per heavy atom. The van der Waals surface area contributed by atoms with Crippen LogP contribution >= 0.6 is 23.3 Å². The molecule has 1 rings (SSSR count). The Morgan fingerprint density at radius 1 is 1.67 bits per heavy atom. The molecule has 0 aliphatic rings. The monoisotopic (exact) mass is 289 g/mol. The standard InChI is InChI=1S/C11H19N3O2S2/c1-5-8-13-10(18-14-8)17-7(2)6-11(3,12-4)9(15)16/h7,12H,5-6H2,1-4H3,(H,15,16). The quantitative estimate of drug-likeness (QED) is 0.748. The molecule has 1 heterocycles. The number of hydrogen-bond donors (Lipinski definition) is 2. The number of aryl methyl sites for hydroxylation is 1. The van der Waals surface area contributed by atoms with E-state index in [0.717, 1.165) is 16.6 Å². The van der Waals surface area contributed by atoms with Gasteiger partial charge in [-0.3, -0.25) is 4.79 Å². The predicted octanol–water partition coefficient (Wildman–Crippen LogP) is 2.03. The number of likely N-dealkylation sites (N-methyl/N-ethyl adjacent to an activating group) is 1. The molecule has 0 saturated carbocycles. The summed E-state index contributed by atoms with van der Waals surface area (Å²) in [5, 5.41) is 12.2. The lowest BCUT2D eigenvalue weighted by atomic mass is 9.97. The minimum atomic E-state index is -0.898. The summed E-state index contributed by atoms with van der Waals surface area (Å²) >= 11 is 2.96. The summed E-state index contributed by atoms with van der Waals surface area (Å²) in [6, 6.07) is 0. The maximum atomic E-state index is 11.2. The van der Waals surface area contributed by atoms with E-state index in [1.165, 1.54) is 11.5 Å². The fraction of sp³-hybridized carbons (Fsp3) is 0.727. The average Bonchev–Trinajstić information content (AvgIpc) is 2.76. The van der Waals surface area contributed by atoms with Crippen LogP contribution in [0.15, 0.2) is 4.34 Å². The van der Waals surface area contributed by atoms with Crippen molar-refractivity contribution in [3.05, 3.63) is 5.82 Å². The van der Waals surface area contributed by atoms with E-state index >= 15 is 0 Å². The van der Waals surface area contributed by atoms with Crippen molar-refractivity contribution in [1.29, 1.82) is 0 Å². The second-order valence-electron chi connectivity index (χ2n) is 4.35. The van der Waals surface area contributed by atoms with Crippen molar-refractivity contribution < 1.29 is 9.90 Å². The van der Waals surface area contributed by atoms with Crippen molar-refractivity contribution >= 4 is 29.3 Å². The van der Waals surface area contributed by atoms with Gasteiger partial charge in [-0.2, -0.15) is 4.37 Å². The van der Waals surface area contributed by atoms with E-state index < -0.39 is 11.5 Å². The van der Waals surface area contributed by atoms with Crippen LogP contribution in [0.25, 0.3) is 0 Å². The third-order valence-electron chi connectivity index (χ3n) is 2.79. The third-order valence-corrected chi connectivity index (χ3v) is 4.71. The Kier molecular flexibility index (Phi) is 5.55. The van der Waals surface area contributed by atoms with Gasteiger partial charge in [0.1, 0.15) is 11.4 Å². The van der Waals surface area contributed by atoms with Gasteiger partial charge >= 0.3 is 5.97 Å². The summed E-state index contributed by atoms with van der Waals surface area (Å²) in [4.78, 5) is 15.6. The number of thioether (sulfide) groups is 1. The Bertz CT molecular complexity index is 411. The molecule has 0 aliphatic carbocycles. The number of hydrogen-bond acceptors (Lipinski definition) is 6. The molecule has 18 heavy (non-hydrogen) atoms. The predicted molar refractivity (Wildman–Crippen MR) is 74.3 cm³/mol. The van der Waals surface area contributed by atoms with Gasteiger partial charge in [0.2, 0.25) is 0 Å². The van der Waals surface area contributed by atoms with Crippen molar-refractivity contribution in [3.63, 3.8) is 0 Å². The Labute approximate surface area is 116 Å². The van der Waals surface area contributed by atoms with Crippen molar-refractivity contribution in [2.75, 3.05) is 7.05 Å². The minimum Gasteiger partial charge on any atom is -0.480 e. The number of nitrogens with one attached hydrogen (secondary N) is 1. The van der Waals surface area contributed by atoms with Gasteiger partial charge in [-0.05, 0) is 31.9 Å². The lowest BCUT2D eigenvalue weighted by Crippen LogP contribution is -2.49. The van der Waals surface area contributed by atoms with E-state index in [9.17, 15) is 9.90 Å². The molecule has 2 unspecified atom stereocenters. The molecule has 2 N–H and O–H groups in total. The molecule has 0 aromatic carbocycles. The average molecular weight is 289 g/mol. The molecule has 0 amide bonds. The van der Waals surface area contributed by atoms with Crippen LogP contribution in [-0.4, -0.2) is 38.3 Å². The minimum absolute atomic E-state index is 0.163. The molecule has 0 fully saturated rings. The highest BCUT2D eigenvalue weighted by Crippen LogP contribution is 2.29. The summed E-state index contributed by atoms with van der Waals surface area (Å²) in [5.41, 5.74) is -0.898.